The molecule has 0 spiro atoms. The number of para-hydroxylation sites is 1. The summed E-state index contributed by atoms with van der Waals surface area (Å²) in [6, 6.07) is 15.1. The first-order chi connectivity index (χ1) is 8.65. The van der Waals surface area contributed by atoms with Crippen molar-refractivity contribution in [3.8, 4) is 11.3 Å². The van der Waals surface area contributed by atoms with Gasteiger partial charge in [0, 0.05) is 22.2 Å². The molecule has 18 heavy (non-hydrogen) atoms. The molecule has 0 fully saturated rings. The molecule has 3 aromatic rings. The standard InChI is InChI=1S/C17H17N/c1-11-8-12(2)17(13(3)9-11)16-10-14-6-4-5-7-15(14)18-16/h4-10,18H,1-3H3. The molecular weight excluding hydrogens is 218 g/mol. The predicted molar refractivity (Wildman–Crippen MR) is 77.9 cm³/mol. The number of aromatic nitrogens is 1. The van der Waals surface area contributed by atoms with E-state index >= 15 is 0 Å². The van der Waals surface area contributed by atoms with Crippen LogP contribution in [0.4, 0.5) is 0 Å². The second-order valence-electron chi connectivity index (χ2n) is 5.04. The number of rotatable bonds is 1. The second kappa shape index (κ2) is 4.02. The first-order valence-electron chi connectivity index (χ1n) is 6.31. The summed E-state index contributed by atoms with van der Waals surface area (Å²) >= 11 is 0. The average Bonchev–Trinajstić information content (AvgIpc) is 2.70. The van der Waals surface area contributed by atoms with Gasteiger partial charge in [-0.3, -0.25) is 0 Å². The Kier molecular flexibility index (Phi) is 2.48. The fraction of sp³-hybridized carbons (Fsp3) is 0.176. The summed E-state index contributed by atoms with van der Waals surface area (Å²) in [5.41, 5.74) is 7.73. The summed E-state index contributed by atoms with van der Waals surface area (Å²) in [6.07, 6.45) is 0. The third-order valence-corrected chi connectivity index (χ3v) is 3.48. The first kappa shape index (κ1) is 11.1. The Labute approximate surface area is 107 Å². The Morgan fingerprint density at radius 3 is 2.17 bits per heavy atom. The normalized spacial score (nSPS) is 11.1. The molecular formula is C17H17N. The second-order valence-corrected chi connectivity index (χ2v) is 5.04. The zero-order chi connectivity index (χ0) is 12.7. The van der Waals surface area contributed by atoms with E-state index in [4.69, 9.17) is 0 Å². The number of hydrogen-bond acceptors (Lipinski definition) is 0. The zero-order valence-electron chi connectivity index (χ0n) is 11.0. The summed E-state index contributed by atoms with van der Waals surface area (Å²) in [4.78, 5) is 3.51. The van der Waals surface area contributed by atoms with Crippen LogP contribution in [0, 0.1) is 20.8 Å². The molecule has 0 bridgehead atoms. The summed E-state index contributed by atoms with van der Waals surface area (Å²) in [5, 5.41) is 1.27. The van der Waals surface area contributed by atoms with Crippen molar-refractivity contribution < 1.29 is 0 Å². The van der Waals surface area contributed by atoms with Crippen LogP contribution in [0.15, 0.2) is 42.5 Å². The SMILES string of the molecule is Cc1cc(C)c(-c2cc3ccccc3[nH]2)c(C)c1. The van der Waals surface area contributed by atoms with Gasteiger partial charge in [-0.2, -0.15) is 0 Å². The fourth-order valence-electron chi connectivity index (χ4n) is 2.81. The number of aryl methyl sites for hydroxylation is 3. The molecule has 0 aliphatic rings. The van der Waals surface area contributed by atoms with E-state index in [0.717, 1.165) is 0 Å². The number of H-pyrrole nitrogens is 1. The highest BCUT2D eigenvalue weighted by molar-refractivity contribution is 5.87. The van der Waals surface area contributed by atoms with E-state index in [0.29, 0.717) is 0 Å². The van der Waals surface area contributed by atoms with E-state index in [-0.39, 0.29) is 0 Å². The number of fused-ring (bicyclic) bond motifs is 1. The molecule has 0 radical (unpaired) electrons. The lowest BCUT2D eigenvalue weighted by Gasteiger charge is -2.09. The Hall–Kier alpha value is -2.02. The van der Waals surface area contributed by atoms with Gasteiger partial charge in [0.1, 0.15) is 0 Å². The lowest BCUT2D eigenvalue weighted by molar-refractivity contribution is 1.30. The van der Waals surface area contributed by atoms with Gasteiger partial charge in [-0.05, 0) is 44.0 Å². The molecule has 0 unspecified atom stereocenters. The van der Waals surface area contributed by atoms with Crippen molar-refractivity contribution in [1.82, 2.24) is 4.98 Å². The molecule has 0 atom stereocenters. The molecule has 1 heteroatoms. The van der Waals surface area contributed by atoms with Crippen molar-refractivity contribution >= 4 is 10.9 Å². The van der Waals surface area contributed by atoms with Crippen molar-refractivity contribution in [2.24, 2.45) is 0 Å². The van der Waals surface area contributed by atoms with E-state index in [1.807, 2.05) is 0 Å². The third kappa shape index (κ3) is 1.72. The molecule has 1 heterocycles. The Morgan fingerprint density at radius 2 is 1.50 bits per heavy atom. The molecule has 0 aliphatic carbocycles. The van der Waals surface area contributed by atoms with E-state index in [2.05, 4.69) is 68.2 Å². The highest BCUT2D eigenvalue weighted by Crippen LogP contribution is 2.30. The summed E-state index contributed by atoms with van der Waals surface area (Å²) < 4.78 is 0. The summed E-state index contributed by atoms with van der Waals surface area (Å²) in [7, 11) is 0. The topological polar surface area (TPSA) is 15.8 Å². The van der Waals surface area contributed by atoms with E-state index in [9.17, 15) is 0 Å². The molecule has 1 nitrogen and oxygen atoms in total. The Balaban J connectivity index is 2.26. The molecule has 1 N–H and O–H groups in total. The van der Waals surface area contributed by atoms with Gasteiger partial charge < -0.3 is 4.98 Å². The fourth-order valence-corrected chi connectivity index (χ4v) is 2.81. The minimum absolute atomic E-state index is 1.20. The van der Waals surface area contributed by atoms with Gasteiger partial charge in [0.2, 0.25) is 0 Å². The van der Waals surface area contributed by atoms with Gasteiger partial charge in [-0.1, -0.05) is 35.9 Å². The highest BCUT2D eigenvalue weighted by atomic mass is 14.7. The largest absolute Gasteiger partial charge is 0.355 e. The van der Waals surface area contributed by atoms with Gasteiger partial charge in [-0.25, -0.2) is 0 Å². The maximum Gasteiger partial charge on any atom is 0.0470 e. The van der Waals surface area contributed by atoms with Crippen molar-refractivity contribution in [3.05, 3.63) is 59.2 Å². The predicted octanol–water partition coefficient (Wildman–Crippen LogP) is 4.76. The molecule has 0 saturated carbocycles. The van der Waals surface area contributed by atoms with Gasteiger partial charge in [0.25, 0.3) is 0 Å². The quantitative estimate of drug-likeness (QED) is 0.626. The van der Waals surface area contributed by atoms with Gasteiger partial charge in [-0.15, -0.1) is 0 Å². The maximum atomic E-state index is 3.51. The number of benzene rings is 2. The molecule has 2 aromatic carbocycles. The third-order valence-electron chi connectivity index (χ3n) is 3.48. The smallest absolute Gasteiger partial charge is 0.0470 e. The van der Waals surface area contributed by atoms with Crippen molar-refractivity contribution in [1.29, 1.82) is 0 Å². The van der Waals surface area contributed by atoms with Crippen LogP contribution in [0.25, 0.3) is 22.2 Å². The number of hydrogen-bond donors (Lipinski definition) is 1. The van der Waals surface area contributed by atoms with Crippen LogP contribution in [-0.4, -0.2) is 4.98 Å². The zero-order valence-corrected chi connectivity index (χ0v) is 11.0. The lowest BCUT2D eigenvalue weighted by Crippen LogP contribution is -1.89. The lowest BCUT2D eigenvalue weighted by atomic mass is 9.97. The minimum atomic E-state index is 1.20. The van der Waals surface area contributed by atoms with Crippen molar-refractivity contribution in [3.63, 3.8) is 0 Å². The molecule has 0 saturated heterocycles. The monoisotopic (exact) mass is 235 g/mol. The van der Waals surface area contributed by atoms with Crippen LogP contribution < -0.4 is 0 Å². The van der Waals surface area contributed by atoms with Crippen molar-refractivity contribution in [2.45, 2.75) is 20.8 Å². The van der Waals surface area contributed by atoms with Crippen LogP contribution in [0.1, 0.15) is 16.7 Å². The Morgan fingerprint density at radius 1 is 0.833 bits per heavy atom. The van der Waals surface area contributed by atoms with E-state index in [1.165, 1.54) is 38.9 Å². The Bertz CT molecular complexity index is 663. The van der Waals surface area contributed by atoms with Crippen LogP contribution in [0.5, 0.6) is 0 Å². The minimum Gasteiger partial charge on any atom is -0.355 e. The average molecular weight is 235 g/mol. The molecule has 0 aliphatic heterocycles. The van der Waals surface area contributed by atoms with Gasteiger partial charge >= 0.3 is 0 Å². The van der Waals surface area contributed by atoms with Gasteiger partial charge in [0.05, 0.1) is 0 Å². The van der Waals surface area contributed by atoms with Crippen LogP contribution >= 0.6 is 0 Å². The highest BCUT2D eigenvalue weighted by Gasteiger charge is 2.09. The maximum absolute atomic E-state index is 3.51. The molecule has 0 amide bonds. The number of aromatic amines is 1. The number of nitrogens with one attached hydrogen (secondary N) is 1. The molecule has 1 aromatic heterocycles. The van der Waals surface area contributed by atoms with E-state index in [1.54, 1.807) is 0 Å². The van der Waals surface area contributed by atoms with Gasteiger partial charge in [0.15, 0.2) is 0 Å². The van der Waals surface area contributed by atoms with Crippen molar-refractivity contribution in [2.75, 3.05) is 0 Å². The summed E-state index contributed by atoms with van der Waals surface area (Å²) in [5.74, 6) is 0. The van der Waals surface area contributed by atoms with Crippen LogP contribution in [-0.2, 0) is 0 Å². The van der Waals surface area contributed by atoms with Crippen LogP contribution in [0.2, 0.25) is 0 Å². The first-order valence-corrected chi connectivity index (χ1v) is 6.31. The van der Waals surface area contributed by atoms with E-state index < -0.39 is 0 Å². The van der Waals surface area contributed by atoms with Crippen LogP contribution in [0.3, 0.4) is 0 Å². The summed E-state index contributed by atoms with van der Waals surface area (Å²) in [6.45, 7) is 6.51. The molecule has 90 valence electrons. The molecule has 3 rings (SSSR count).